The molecule has 3 N–H and O–H groups in total. The monoisotopic (exact) mass is 284 g/mol. The van der Waals surface area contributed by atoms with Gasteiger partial charge in [0, 0.05) is 6.54 Å². The number of carboxylic acid groups (broad SMARTS) is 1. The molecule has 2 unspecified atom stereocenters. The molecule has 20 heavy (non-hydrogen) atoms. The van der Waals surface area contributed by atoms with Gasteiger partial charge in [-0.2, -0.15) is 0 Å². The SMILES string of the molecule is CC(C)(C)CC(CNC(=O)C1CCCCCN1)C(=O)O. The maximum atomic E-state index is 12.1. The summed E-state index contributed by atoms with van der Waals surface area (Å²) < 4.78 is 0. The largest absolute Gasteiger partial charge is 0.481 e. The molecule has 0 aliphatic carbocycles. The van der Waals surface area contributed by atoms with Crippen LogP contribution in [-0.2, 0) is 9.59 Å². The highest BCUT2D eigenvalue weighted by Crippen LogP contribution is 2.24. The fourth-order valence-corrected chi connectivity index (χ4v) is 2.59. The van der Waals surface area contributed by atoms with E-state index in [2.05, 4.69) is 10.6 Å². The maximum absolute atomic E-state index is 12.1. The van der Waals surface area contributed by atoms with Crippen LogP contribution in [0.25, 0.3) is 0 Å². The van der Waals surface area contributed by atoms with E-state index in [1.807, 2.05) is 20.8 Å². The fourth-order valence-electron chi connectivity index (χ4n) is 2.59. The van der Waals surface area contributed by atoms with E-state index in [-0.39, 0.29) is 23.9 Å². The van der Waals surface area contributed by atoms with Gasteiger partial charge < -0.3 is 15.7 Å². The van der Waals surface area contributed by atoms with E-state index < -0.39 is 11.9 Å². The number of aliphatic carboxylic acids is 1. The smallest absolute Gasteiger partial charge is 0.308 e. The zero-order valence-electron chi connectivity index (χ0n) is 12.9. The summed E-state index contributed by atoms with van der Waals surface area (Å²) in [4.78, 5) is 23.3. The molecule has 0 saturated carbocycles. The minimum atomic E-state index is -0.839. The molecule has 0 aromatic rings. The third-order valence-electron chi connectivity index (χ3n) is 3.61. The van der Waals surface area contributed by atoms with Gasteiger partial charge in [-0.05, 0) is 31.2 Å². The Morgan fingerprint density at radius 1 is 1.30 bits per heavy atom. The van der Waals surface area contributed by atoms with Crippen molar-refractivity contribution in [2.45, 2.75) is 58.9 Å². The molecule has 5 heteroatoms. The molecule has 2 atom stereocenters. The average molecular weight is 284 g/mol. The molecule has 1 aliphatic heterocycles. The number of carboxylic acids is 1. The average Bonchev–Trinajstić information content (AvgIpc) is 2.61. The third kappa shape index (κ3) is 6.37. The molecule has 1 rings (SSSR count). The summed E-state index contributed by atoms with van der Waals surface area (Å²) in [6, 6.07) is -0.165. The Labute approximate surface area is 121 Å². The molecule has 5 nitrogen and oxygen atoms in total. The van der Waals surface area contributed by atoms with Crippen LogP contribution in [0.2, 0.25) is 0 Å². The third-order valence-corrected chi connectivity index (χ3v) is 3.61. The molecule has 0 aromatic carbocycles. The van der Waals surface area contributed by atoms with E-state index in [0.29, 0.717) is 6.42 Å². The van der Waals surface area contributed by atoms with Crippen LogP contribution >= 0.6 is 0 Å². The van der Waals surface area contributed by atoms with Gasteiger partial charge in [-0.25, -0.2) is 0 Å². The van der Waals surface area contributed by atoms with Crippen molar-refractivity contribution in [3.63, 3.8) is 0 Å². The lowest BCUT2D eigenvalue weighted by Gasteiger charge is -2.24. The number of amides is 1. The van der Waals surface area contributed by atoms with Crippen LogP contribution in [0.5, 0.6) is 0 Å². The first kappa shape index (κ1) is 17.0. The zero-order chi connectivity index (χ0) is 15.2. The highest BCUT2D eigenvalue weighted by atomic mass is 16.4. The van der Waals surface area contributed by atoms with Crippen LogP contribution in [0, 0.1) is 11.3 Å². The van der Waals surface area contributed by atoms with E-state index in [9.17, 15) is 14.7 Å². The first-order valence-electron chi connectivity index (χ1n) is 7.53. The lowest BCUT2D eigenvalue weighted by Crippen LogP contribution is -2.46. The Bertz CT molecular complexity index is 329. The lowest BCUT2D eigenvalue weighted by atomic mass is 9.84. The van der Waals surface area contributed by atoms with Crippen LogP contribution in [0.15, 0.2) is 0 Å². The molecule has 1 saturated heterocycles. The fraction of sp³-hybridized carbons (Fsp3) is 0.867. The first-order valence-corrected chi connectivity index (χ1v) is 7.53. The van der Waals surface area contributed by atoms with E-state index in [0.717, 1.165) is 32.2 Å². The van der Waals surface area contributed by atoms with E-state index >= 15 is 0 Å². The Morgan fingerprint density at radius 3 is 2.60 bits per heavy atom. The normalized spacial score (nSPS) is 21.9. The molecular weight excluding hydrogens is 256 g/mol. The van der Waals surface area contributed by atoms with E-state index in [1.165, 1.54) is 0 Å². The van der Waals surface area contributed by atoms with Crippen molar-refractivity contribution >= 4 is 11.9 Å². The summed E-state index contributed by atoms with van der Waals surface area (Å²) in [7, 11) is 0. The molecular formula is C15H28N2O3. The van der Waals surface area contributed by atoms with Crippen molar-refractivity contribution in [3.8, 4) is 0 Å². The summed E-state index contributed by atoms with van der Waals surface area (Å²) in [5.41, 5.74) is -0.0612. The van der Waals surface area contributed by atoms with Gasteiger partial charge in [0.25, 0.3) is 0 Å². The van der Waals surface area contributed by atoms with E-state index in [1.54, 1.807) is 0 Å². The van der Waals surface area contributed by atoms with Gasteiger partial charge in [0.2, 0.25) is 5.91 Å². The molecule has 1 aliphatic rings. The molecule has 1 amide bonds. The van der Waals surface area contributed by atoms with Crippen molar-refractivity contribution < 1.29 is 14.7 Å². The minimum absolute atomic E-state index is 0.0612. The summed E-state index contributed by atoms with van der Waals surface area (Å²) in [5, 5.41) is 15.3. The first-order chi connectivity index (χ1) is 9.29. The quantitative estimate of drug-likeness (QED) is 0.719. The molecule has 116 valence electrons. The molecule has 0 aromatic heterocycles. The number of carbonyl (C=O) groups is 2. The van der Waals surface area contributed by atoms with Gasteiger partial charge in [0.1, 0.15) is 0 Å². The lowest BCUT2D eigenvalue weighted by molar-refractivity contribution is -0.142. The Hall–Kier alpha value is -1.10. The predicted molar refractivity (Wildman–Crippen MR) is 78.5 cm³/mol. The Kier molecular flexibility index (Phi) is 6.46. The number of hydrogen-bond acceptors (Lipinski definition) is 3. The highest BCUT2D eigenvalue weighted by molar-refractivity contribution is 5.82. The number of carbonyl (C=O) groups excluding carboxylic acids is 1. The number of rotatable bonds is 5. The van der Waals surface area contributed by atoms with Crippen LogP contribution in [0.3, 0.4) is 0 Å². The molecule has 0 spiro atoms. The van der Waals surface area contributed by atoms with Crippen molar-refractivity contribution in [2.24, 2.45) is 11.3 Å². The Morgan fingerprint density at radius 2 is 2.00 bits per heavy atom. The van der Waals surface area contributed by atoms with Crippen molar-refractivity contribution in [1.29, 1.82) is 0 Å². The van der Waals surface area contributed by atoms with Gasteiger partial charge >= 0.3 is 5.97 Å². The second-order valence-electron chi connectivity index (χ2n) is 6.90. The van der Waals surface area contributed by atoms with Gasteiger partial charge in [-0.1, -0.05) is 33.6 Å². The maximum Gasteiger partial charge on any atom is 0.308 e. The molecule has 0 bridgehead atoms. The standard InChI is InChI=1S/C15H28N2O3/c1-15(2,3)9-11(14(19)20)10-17-13(18)12-7-5-4-6-8-16-12/h11-12,16H,4-10H2,1-3H3,(H,17,18)(H,19,20). The van der Waals surface area contributed by atoms with E-state index in [4.69, 9.17) is 0 Å². The highest BCUT2D eigenvalue weighted by Gasteiger charge is 2.26. The van der Waals surface area contributed by atoms with Crippen molar-refractivity contribution in [2.75, 3.05) is 13.1 Å². The second kappa shape index (κ2) is 7.62. The van der Waals surface area contributed by atoms with Crippen LogP contribution in [0.4, 0.5) is 0 Å². The van der Waals surface area contributed by atoms with Crippen LogP contribution in [-0.4, -0.2) is 36.1 Å². The number of hydrogen-bond donors (Lipinski definition) is 3. The van der Waals surface area contributed by atoms with Gasteiger partial charge in [-0.3, -0.25) is 9.59 Å². The zero-order valence-corrected chi connectivity index (χ0v) is 12.9. The topological polar surface area (TPSA) is 78.4 Å². The van der Waals surface area contributed by atoms with Gasteiger partial charge in [0.15, 0.2) is 0 Å². The minimum Gasteiger partial charge on any atom is -0.481 e. The van der Waals surface area contributed by atoms with Crippen LogP contribution < -0.4 is 10.6 Å². The molecule has 1 fully saturated rings. The van der Waals surface area contributed by atoms with Crippen molar-refractivity contribution in [3.05, 3.63) is 0 Å². The van der Waals surface area contributed by atoms with Crippen LogP contribution in [0.1, 0.15) is 52.9 Å². The summed E-state index contributed by atoms with van der Waals surface area (Å²) >= 11 is 0. The summed E-state index contributed by atoms with van der Waals surface area (Å²) in [5.74, 6) is -1.43. The van der Waals surface area contributed by atoms with Crippen molar-refractivity contribution in [1.82, 2.24) is 10.6 Å². The van der Waals surface area contributed by atoms with Gasteiger partial charge in [-0.15, -0.1) is 0 Å². The molecule has 1 heterocycles. The second-order valence-corrected chi connectivity index (χ2v) is 6.90. The number of nitrogens with one attached hydrogen (secondary N) is 2. The Balaban J connectivity index is 2.45. The molecule has 0 radical (unpaired) electrons. The summed E-state index contributed by atoms with van der Waals surface area (Å²) in [6.07, 6.45) is 4.70. The predicted octanol–water partition coefficient (Wildman–Crippen LogP) is 1.77. The van der Waals surface area contributed by atoms with Gasteiger partial charge in [0.05, 0.1) is 12.0 Å². The summed E-state index contributed by atoms with van der Waals surface area (Å²) in [6.45, 7) is 7.11.